The molecule has 1 fully saturated rings. The average Bonchev–Trinajstić information content (AvgIpc) is 3.10. The van der Waals surface area contributed by atoms with E-state index in [1.807, 2.05) is 5.38 Å². The highest BCUT2D eigenvalue weighted by molar-refractivity contribution is 7.09. The van der Waals surface area contributed by atoms with Crippen molar-refractivity contribution in [3.05, 3.63) is 45.1 Å². The molecule has 106 valence electrons. The lowest BCUT2D eigenvalue weighted by Gasteiger charge is -2.06. The Bertz CT molecular complexity index is 599. The maximum atomic E-state index is 13.7. The Labute approximate surface area is 125 Å². The van der Waals surface area contributed by atoms with Gasteiger partial charge in [0.25, 0.3) is 0 Å². The molecule has 1 aromatic heterocycles. The summed E-state index contributed by atoms with van der Waals surface area (Å²) in [6.45, 7) is 1.02. The van der Waals surface area contributed by atoms with Crippen molar-refractivity contribution in [2.75, 3.05) is 6.61 Å². The van der Waals surface area contributed by atoms with Crippen LogP contribution in [0.25, 0.3) is 0 Å². The minimum atomic E-state index is -0.538. The van der Waals surface area contributed by atoms with Crippen LogP contribution < -0.4 is 4.74 Å². The van der Waals surface area contributed by atoms with Crippen molar-refractivity contribution in [2.45, 2.75) is 25.6 Å². The molecular formula is C14H13ClFNO2S. The summed E-state index contributed by atoms with van der Waals surface area (Å²) in [5.74, 6) is -0.395. The maximum absolute atomic E-state index is 13.7. The highest BCUT2D eigenvalue weighted by Crippen LogP contribution is 2.31. The fraction of sp³-hybridized carbons (Fsp3) is 0.357. The minimum Gasteiger partial charge on any atom is -0.484 e. The molecule has 1 aromatic carbocycles. The molecule has 2 heterocycles. The number of rotatable bonds is 4. The summed E-state index contributed by atoms with van der Waals surface area (Å²) in [5.41, 5.74) is 0.778. The van der Waals surface area contributed by atoms with Crippen LogP contribution in [0.1, 0.15) is 29.6 Å². The molecule has 0 unspecified atom stereocenters. The van der Waals surface area contributed by atoms with Gasteiger partial charge < -0.3 is 9.47 Å². The second-order valence-electron chi connectivity index (χ2n) is 4.52. The molecular weight excluding hydrogens is 301 g/mol. The third-order valence-electron chi connectivity index (χ3n) is 3.07. The van der Waals surface area contributed by atoms with Crippen molar-refractivity contribution in [1.82, 2.24) is 4.98 Å². The monoisotopic (exact) mass is 313 g/mol. The first-order chi connectivity index (χ1) is 9.74. The lowest BCUT2D eigenvalue weighted by Crippen LogP contribution is -2.00. The van der Waals surface area contributed by atoms with Gasteiger partial charge in [0.1, 0.15) is 17.7 Å². The number of hydrogen-bond acceptors (Lipinski definition) is 4. The molecule has 0 radical (unpaired) electrons. The molecule has 1 aliphatic heterocycles. The summed E-state index contributed by atoms with van der Waals surface area (Å²) in [6.07, 6.45) is 2.19. The summed E-state index contributed by atoms with van der Waals surface area (Å²) in [6, 6.07) is 4.69. The molecule has 1 aliphatic rings. The van der Waals surface area contributed by atoms with E-state index in [-0.39, 0.29) is 23.5 Å². The first-order valence-corrected chi connectivity index (χ1v) is 7.62. The topological polar surface area (TPSA) is 31.4 Å². The Morgan fingerprint density at radius 2 is 2.40 bits per heavy atom. The molecule has 1 saturated heterocycles. The van der Waals surface area contributed by atoms with Crippen LogP contribution >= 0.6 is 22.9 Å². The summed E-state index contributed by atoms with van der Waals surface area (Å²) in [7, 11) is 0. The second kappa shape index (κ2) is 6.08. The van der Waals surface area contributed by atoms with E-state index in [1.165, 1.54) is 6.07 Å². The lowest BCUT2D eigenvalue weighted by atomic mass is 10.2. The summed E-state index contributed by atoms with van der Waals surface area (Å²) in [4.78, 5) is 4.47. The number of benzene rings is 1. The van der Waals surface area contributed by atoms with E-state index in [9.17, 15) is 4.39 Å². The molecule has 0 N–H and O–H groups in total. The Balaban J connectivity index is 1.65. The largest absolute Gasteiger partial charge is 0.484 e. The predicted molar refractivity (Wildman–Crippen MR) is 75.8 cm³/mol. The number of ether oxygens (including phenoxy) is 2. The fourth-order valence-electron chi connectivity index (χ4n) is 2.06. The molecule has 1 atom stereocenters. The Hall–Kier alpha value is -1.17. The minimum absolute atomic E-state index is 0.0563. The average molecular weight is 314 g/mol. The summed E-state index contributed by atoms with van der Waals surface area (Å²) in [5, 5.41) is 2.94. The molecule has 3 rings (SSSR count). The third-order valence-corrected chi connectivity index (χ3v) is 4.34. The molecule has 0 amide bonds. The zero-order chi connectivity index (χ0) is 13.9. The number of halogens is 2. The smallest absolute Gasteiger partial charge is 0.183 e. The molecule has 0 spiro atoms. The Morgan fingerprint density at radius 3 is 3.20 bits per heavy atom. The van der Waals surface area contributed by atoms with Crippen molar-refractivity contribution in [2.24, 2.45) is 0 Å². The zero-order valence-electron chi connectivity index (χ0n) is 10.6. The van der Waals surface area contributed by atoms with Crippen molar-refractivity contribution < 1.29 is 13.9 Å². The lowest BCUT2D eigenvalue weighted by molar-refractivity contribution is 0.111. The molecule has 20 heavy (non-hydrogen) atoms. The van der Waals surface area contributed by atoms with Crippen molar-refractivity contribution >= 4 is 22.9 Å². The van der Waals surface area contributed by atoms with E-state index >= 15 is 0 Å². The van der Waals surface area contributed by atoms with E-state index in [0.29, 0.717) is 0 Å². The van der Waals surface area contributed by atoms with E-state index < -0.39 is 5.82 Å². The molecule has 0 aliphatic carbocycles. The van der Waals surface area contributed by atoms with Crippen LogP contribution in [0.4, 0.5) is 4.39 Å². The zero-order valence-corrected chi connectivity index (χ0v) is 12.2. The van der Waals surface area contributed by atoms with Crippen LogP contribution in [-0.2, 0) is 11.3 Å². The van der Waals surface area contributed by atoms with Crippen LogP contribution in [0.3, 0.4) is 0 Å². The van der Waals surface area contributed by atoms with Gasteiger partial charge in [-0.25, -0.2) is 9.37 Å². The van der Waals surface area contributed by atoms with Crippen LogP contribution in [0, 0.1) is 5.82 Å². The summed E-state index contributed by atoms with van der Waals surface area (Å²) >= 11 is 7.25. The number of hydrogen-bond donors (Lipinski definition) is 0. The van der Waals surface area contributed by atoms with E-state index in [0.717, 1.165) is 30.2 Å². The molecule has 6 heteroatoms. The molecule has 2 aromatic rings. The molecule has 0 bridgehead atoms. The Kier molecular flexibility index (Phi) is 4.19. The van der Waals surface area contributed by atoms with Gasteiger partial charge in [-0.2, -0.15) is 0 Å². The molecule has 0 saturated carbocycles. The highest BCUT2D eigenvalue weighted by atomic mass is 35.5. The van der Waals surface area contributed by atoms with E-state index in [2.05, 4.69) is 4.98 Å². The van der Waals surface area contributed by atoms with Crippen molar-refractivity contribution in [1.29, 1.82) is 0 Å². The first-order valence-electron chi connectivity index (χ1n) is 6.37. The fourth-order valence-corrected chi connectivity index (χ4v) is 3.11. The Morgan fingerprint density at radius 1 is 1.50 bits per heavy atom. The van der Waals surface area contributed by atoms with Gasteiger partial charge in [0.05, 0.1) is 10.7 Å². The quantitative estimate of drug-likeness (QED) is 0.840. The maximum Gasteiger partial charge on any atom is 0.183 e. The molecule has 3 nitrogen and oxygen atoms in total. The van der Waals surface area contributed by atoms with Gasteiger partial charge in [0.2, 0.25) is 0 Å². The standard InChI is InChI=1S/C14H13ClFNO2S/c15-10-3-1-4-11(13(10)16)19-7-9-8-20-14(17-9)12-5-2-6-18-12/h1,3-4,8,12H,2,5-7H2/t12-/m0/s1. The van der Waals surface area contributed by atoms with Gasteiger partial charge in [0, 0.05) is 12.0 Å². The SMILES string of the molecule is Fc1c(Cl)cccc1OCc1csc([C@@H]2CCCO2)n1. The van der Waals surface area contributed by atoms with E-state index in [4.69, 9.17) is 21.1 Å². The number of thiazole rings is 1. The number of nitrogens with zero attached hydrogens (tertiary/aromatic N) is 1. The van der Waals surface area contributed by atoms with Gasteiger partial charge in [-0.15, -0.1) is 11.3 Å². The van der Waals surface area contributed by atoms with Gasteiger partial charge >= 0.3 is 0 Å². The van der Waals surface area contributed by atoms with Crippen molar-refractivity contribution in [3.63, 3.8) is 0 Å². The van der Waals surface area contributed by atoms with Crippen LogP contribution in [0.2, 0.25) is 5.02 Å². The number of aromatic nitrogens is 1. The van der Waals surface area contributed by atoms with Gasteiger partial charge in [-0.05, 0) is 25.0 Å². The highest BCUT2D eigenvalue weighted by Gasteiger charge is 2.21. The van der Waals surface area contributed by atoms with E-state index in [1.54, 1.807) is 23.5 Å². The first kappa shape index (κ1) is 13.8. The summed E-state index contributed by atoms with van der Waals surface area (Å²) < 4.78 is 24.7. The van der Waals surface area contributed by atoms with Crippen LogP contribution in [-0.4, -0.2) is 11.6 Å². The third kappa shape index (κ3) is 2.95. The van der Waals surface area contributed by atoms with Gasteiger partial charge in [-0.3, -0.25) is 0 Å². The van der Waals surface area contributed by atoms with Crippen LogP contribution in [0.15, 0.2) is 23.6 Å². The van der Waals surface area contributed by atoms with Gasteiger partial charge in [-0.1, -0.05) is 17.7 Å². The van der Waals surface area contributed by atoms with Gasteiger partial charge in [0.15, 0.2) is 11.6 Å². The van der Waals surface area contributed by atoms with Crippen LogP contribution in [0.5, 0.6) is 5.75 Å². The normalized spacial score (nSPS) is 18.4. The predicted octanol–water partition coefficient (Wildman–Crippen LogP) is 4.37. The van der Waals surface area contributed by atoms with Crippen molar-refractivity contribution in [3.8, 4) is 5.75 Å². The second-order valence-corrected chi connectivity index (χ2v) is 5.82.